The highest BCUT2D eigenvalue weighted by Crippen LogP contribution is 2.38. The molecular formula is C18H10F7N3O3S. The van der Waals surface area contributed by atoms with Crippen LogP contribution in [0.3, 0.4) is 0 Å². The Balaban J connectivity index is 1.81. The Morgan fingerprint density at radius 2 is 1.66 bits per heavy atom. The molecule has 170 valence electrons. The first-order valence-electron chi connectivity index (χ1n) is 8.43. The zero-order chi connectivity index (χ0) is 23.8. The predicted molar refractivity (Wildman–Crippen MR) is 92.8 cm³/mol. The van der Waals surface area contributed by atoms with Crippen molar-refractivity contribution in [3.8, 4) is 11.6 Å². The molecule has 0 saturated heterocycles. The molecule has 0 spiro atoms. The number of aryl methyl sites for hydroxylation is 1. The second-order valence-corrected chi connectivity index (χ2v) is 7.22. The topological polar surface area (TPSA) is 82.1 Å². The van der Waals surface area contributed by atoms with Crippen molar-refractivity contribution in [2.45, 2.75) is 18.1 Å². The number of benzene rings is 2. The molecule has 0 aliphatic carbocycles. The summed E-state index contributed by atoms with van der Waals surface area (Å²) in [5.41, 5.74) is -3.22. The van der Waals surface area contributed by atoms with Crippen LogP contribution in [0.2, 0.25) is 0 Å². The molecule has 6 nitrogen and oxygen atoms in total. The second kappa shape index (κ2) is 8.68. The standard InChI is InChI=1S/C18H10F7N3O3S/c1-7-2-4-8(5-3-7)28-16(17(30)31-27-28)32-6-9(29)26-15-13(21)11(19)10(18(23,24)25)12(20)14(15)22/h2-5H,6H2,1H3,(H-,26,27,29,30). The molecule has 0 bridgehead atoms. The Morgan fingerprint density at radius 3 is 2.19 bits per heavy atom. The summed E-state index contributed by atoms with van der Waals surface area (Å²) in [6.45, 7) is 1.81. The largest absolute Gasteiger partial charge is 0.538 e. The van der Waals surface area contributed by atoms with Crippen LogP contribution in [-0.2, 0) is 11.0 Å². The van der Waals surface area contributed by atoms with Crippen LogP contribution in [0.1, 0.15) is 11.1 Å². The van der Waals surface area contributed by atoms with Crippen LogP contribution in [-0.4, -0.2) is 16.9 Å². The number of carbonyl (C=O) groups is 1. The van der Waals surface area contributed by atoms with Crippen LogP contribution in [0, 0.1) is 30.2 Å². The summed E-state index contributed by atoms with van der Waals surface area (Å²) in [6.07, 6.45) is -5.71. The molecule has 1 aromatic heterocycles. The number of amides is 1. The SMILES string of the molecule is Cc1ccc(-[n+]2noc([O-])c2SCC(=O)Nc2c(F)c(F)c(C(F)(F)F)c(F)c2F)cc1. The highest BCUT2D eigenvalue weighted by atomic mass is 32.2. The Labute approximate surface area is 178 Å². The average molecular weight is 481 g/mol. The Morgan fingerprint density at radius 1 is 1.09 bits per heavy atom. The highest BCUT2D eigenvalue weighted by Gasteiger charge is 2.42. The van der Waals surface area contributed by atoms with Gasteiger partial charge in [-0.05, 0) is 23.4 Å². The fraction of sp³-hybridized carbons (Fsp3) is 0.167. The molecule has 0 atom stereocenters. The maximum absolute atomic E-state index is 13.9. The average Bonchev–Trinajstić information content (AvgIpc) is 3.08. The minimum Gasteiger partial charge on any atom is -0.538 e. The summed E-state index contributed by atoms with van der Waals surface area (Å²) in [7, 11) is 0. The molecule has 3 rings (SSSR count). The number of hydrogen-bond donors (Lipinski definition) is 1. The van der Waals surface area contributed by atoms with Crippen molar-refractivity contribution >= 4 is 23.4 Å². The van der Waals surface area contributed by atoms with Crippen molar-refractivity contribution < 1.29 is 49.8 Å². The van der Waals surface area contributed by atoms with Gasteiger partial charge in [0.05, 0.1) is 11.0 Å². The van der Waals surface area contributed by atoms with Gasteiger partial charge < -0.3 is 14.9 Å². The van der Waals surface area contributed by atoms with E-state index in [1.807, 2.05) is 0 Å². The van der Waals surface area contributed by atoms with E-state index in [2.05, 4.69) is 9.79 Å². The van der Waals surface area contributed by atoms with E-state index in [1.54, 1.807) is 31.2 Å². The number of carbonyl (C=O) groups excluding carboxylic acids is 1. The van der Waals surface area contributed by atoms with Crippen LogP contribution in [0.5, 0.6) is 5.95 Å². The minimum absolute atomic E-state index is 0.213. The van der Waals surface area contributed by atoms with Crippen LogP contribution >= 0.6 is 11.8 Å². The smallest absolute Gasteiger partial charge is 0.422 e. The van der Waals surface area contributed by atoms with Gasteiger partial charge in [-0.1, -0.05) is 17.7 Å². The second-order valence-electron chi connectivity index (χ2n) is 6.25. The van der Waals surface area contributed by atoms with Gasteiger partial charge in [-0.2, -0.15) is 13.2 Å². The summed E-state index contributed by atoms with van der Waals surface area (Å²) in [4.78, 5) is 12.0. The molecule has 1 N–H and O–H groups in total. The number of hydrogen-bond acceptors (Lipinski definition) is 5. The molecule has 14 heteroatoms. The van der Waals surface area contributed by atoms with Crippen molar-refractivity contribution in [1.29, 1.82) is 0 Å². The molecule has 1 heterocycles. The lowest BCUT2D eigenvalue weighted by molar-refractivity contribution is -0.705. The summed E-state index contributed by atoms with van der Waals surface area (Å²) in [6, 6.07) is 6.56. The summed E-state index contributed by atoms with van der Waals surface area (Å²) in [5, 5.41) is 16.6. The van der Waals surface area contributed by atoms with E-state index >= 15 is 0 Å². The van der Waals surface area contributed by atoms with Crippen LogP contribution in [0.15, 0.2) is 33.8 Å². The lowest BCUT2D eigenvalue weighted by Crippen LogP contribution is -2.35. The molecule has 3 aromatic rings. The van der Waals surface area contributed by atoms with Crippen molar-refractivity contribution in [2.24, 2.45) is 0 Å². The predicted octanol–water partition coefficient (Wildman–Crippen LogP) is 3.64. The van der Waals surface area contributed by atoms with Gasteiger partial charge >= 0.3 is 6.18 Å². The molecule has 0 aliphatic heterocycles. The fourth-order valence-electron chi connectivity index (χ4n) is 2.51. The molecule has 2 aromatic carbocycles. The maximum atomic E-state index is 13.9. The quantitative estimate of drug-likeness (QED) is 0.261. The van der Waals surface area contributed by atoms with E-state index in [0.717, 1.165) is 10.2 Å². The third-order valence-electron chi connectivity index (χ3n) is 4.00. The first kappa shape index (κ1) is 23.4. The van der Waals surface area contributed by atoms with Gasteiger partial charge in [0.15, 0.2) is 29.2 Å². The van der Waals surface area contributed by atoms with Crippen molar-refractivity contribution in [1.82, 2.24) is 5.27 Å². The van der Waals surface area contributed by atoms with Gasteiger partial charge in [0, 0.05) is 12.1 Å². The first-order chi connectivity index (χ1) is 14.9. The van der Waals surface area contributed by atoms with E-state index in [9.17, 15) is 40.6 Å². The molecule has 0 aliphatic rings. The van der Waals surface area contributed by atoms with Gasteiger partial charge in [0.1, 0.15) is 11.3 Å². The number of thioether (sulfide) groups is 1. The zero-order valence-corrected chi connectivity index (χ0v) is 16.5. The van der Waals surface area contributed by atoms with E-state index in [0.29, 0.717) is 17.4 Å². The molecule has 0 fully saturated rings. The third kappa shape index (κ3) is 4.49. The molecule has 1 amide bonds. The Kier molecular flexibility index (Phi) is 6.34. The summed E-state index contributed by atoms with van der Waals surface area (Å²) >= 11 is 0.504. The van der Waals surface area contributed by atoms with Gasteiger partial charge in [0.2, 0.25) is 11.6 Å². The number of nitrogens with one attached hydrogen (secondary N) is 1. The summed E-state index contributed by atoms with van der Waals surface area (Å²) < 4.78 is 98.6. The van der Waals surface area contributed by atoms with E-state index < -0.39 is 58.3 Å². The summed E-state index contributed by atoms with van der Waals surface area (Å²) in [5.74, 6) is -13.2. The lowest BCUT2D eigenvalue weighted by atomic mass is 10.1. The van der Waals surface area contributed by atoms with Gasteiger partial charge in [-0.25, -0.2) is 17.6 Å². The molecule has 32 heavy (non-hydrogen) atoms. The molecule has 0 radical (unpaired) electrons. The monoisotopic (exact) mass is 481 g/mol. The number of halogens is 7. The number of aromatic nitrogens is 2. The van der Waals surface area contributed by atoms with Gasteiger partial charge in [-0.3, -0.25) is 4.79 Å². The first-order valence-corrected chi connectivity index (χ1v) is 9.42. The van der Waals surface area contributed by atoms with Crippen LogP contribution in [0.25, 0.3) is 5.69 Å². The minimum atomic E-state index is -5.71. The Bertz CT molecular complexity index is 1150. The fourth-order valence-corrected chi connectivity index (χ4v) is 3.27. The maximum Gasteiger partial charge on any atom is 0.422 e. The van der Waals surface area contributed by atoms with Crippen molar-refractivity contribution in [3.05, 3.63) is 58.7 Å². The lowest BCUT2D eigenvalue weighted by Gasteiger charge is -2.14. The van der Waals surface area contributed by atoms with E-state index in [1.165, 1.54) is 5.32 Å². The Hall–Kier alpha value is -3.29. The van der Waals surface area contributed by atoms with Gasteiger partial charge in [0.25, 0.3) is 5.03 Å². The number of nitrogens with zero attached hydrogens (tertiary/aromatic N) is 2. The van der Waals surface area contributed by atoms with Crippen molar-refractivity contribution in [3.63, 3.8) is 0 Å². The van der Waals surface area contributed by atoms with E-state index in [-0.39, 0.29) is 5.03 Å². The number of rotatable bonds is 5. The normalized spacial score (nSPS) is 11.6. The molecular weight excluding hydrogens is 471 g/mol. The third-order valence-corrected chi connectivity index (χ3v) is 5.02. The molecule has 0 unspecified atom stereocenters. The number of alkyl halides is 3. The van der Waals surface area contributed by atoms with Crippen LogP contribution in [0.4, 0.5) is 36.4 Å². The number of anilines is 1. The van der Waals surface area contributed by atoms with Crippen molar-refractivity contribution in [2.75, 3.05) is 11.1 Å². The van der Waals surface area contributed by atoms with Crippen LogP contribution < -0.4 is 15.1 Å². The van der Waals surface area contributed by atoms with E-state index in [4.69, 9.17) is 0 Å². The highest BCUT2D eigenvalue weighted by molar-refractivity contribution is 7.99. The molecule has 0 saturated carbocycles. The van der Waals surface area contributed by atoms with Gasteiger partial charge in [-0.15, -0.1) is 0 Å². The zero-order valence-electron chi connectivity index (χ0n) is 15.7.